The van der Waals surface area contributed by atoms with Gasteiger partial charge in [0, 0.05) is 6.42 Å². The van der Waals surface area contributed by atoms with Gasteiger partial charge in [0.05, 0.1) is 5.92 Å². The third-order valence-corrected chi connectivity index (χ3v) is 7.14. The zero-order chi connectivity index (χ0) is 24.2. The average molecular weight is 465 g/mol. The molecular weight excluding hydrogens is 440 g/mol. The molecule has 3 atom stereocenters. The molecule has 0 aliphatic heterocycles. The fourth-order valence-corrected chi connectivity index (χ4v) is 5.44. The first kappa shape index (κ1) is 21.6. The van der Waals surface area contributed by atoms with E-state index in [2.05, 4.69) is 0 Å². The van der Waals surface area contributed by atoms with Crippen molar-refractivity contribution in [3.8, 4) is 17.2 Å². The van der Waals surface area contributed by atoms with Gasteiger partial charge in [-0.25, -0.2) is 0 Å². The molecule has 3 aliphatic carbocycles. The number of fused-ring (bicyclic) bond motifs is 1. The lowest BCUT2D eigenvalue weighted by Crippen LogP contribution is -2.57. The van der Waals surface area contributed by atoms with E-state index in [9.17, 15) is 15.0 Å². The second-order valence-corrected chi connectivity index (χ2v) is 9.29. The highest BCUT2D eigenvalue weighted by molar-refractivity contribution is 5.81. The largest absolute Gasteiger partial charge is 0.457 e. The van der Waals surface area contributed by atoms with Crippen molar-refractivity contribution in [2.75, 3.05) is 0 Å². The van der Waals surface area contributed by atoms with Crippen molar-refractivity contribution in [3.05, 3.63) is 125 Å². The van der Waals surface area contributed by atoms with Crippen LogP contribution in [0.15, 0.2) is 97.1 Å². The summed E-state index contributed by atoms with van der Waals surface area (Å²) in [7, 11) is 0. The van der Waals surface area contributed by atoms with Crippen LogP contribution in [-0.4, -0.2) is 16.2 Å². The monoisotopic (exact) mass is 464 g/mol. The minimum atomic E-state index is -1.65. The van der Waals surface area contributed by atoms with Crippen molar-refractivity contribution < 1.29 is 24.5 Å². The molecule has 0 spiro atoms. The summed E-state index contributed by atoms with van der Waals surface area (Å²) in [6, 6.07) is 29.0. The first-order chi connectivity index (χ1) is 16.9. The van der Waals surface area contributed by atoms with Crippen LogP contribution in [0.4, 0.5) is 0 Å². The molecular formula is C30H24O5. The average Bonchev–Trinajstić information content (AvgIpc) is 2.88. The molecule has 5 heteroatoms. The maximum Gasteiger partial charge on any atom is 0.318 e. The predicted molar refractivity (Wildman–Crippen MR) is 130 cm³/mol. The van der Waals surface area contributed by atoms with Crippen molar-refractivity contribution in [1.82, 2.24) is 0 Å². The van der Waals surface area contributed by atoms with Gasteiger partial charge in [-0.3, -0.25) is 4.79 Å². The standard InChI is InChI=1S/C30H24O5/c1-19-11-13-21(14-12-19)35-28(31)27-18-29(32)23-9-5-6-10-24(23)30(27,33)25-16-15-22(17-26(25)29)34-20-7-3-2-4-8-20/h2-17,27,32-33H,18H2,1H3. The Balaban J connectivity index is 1.44. The molecule has 2 N–H and O–H groups in total. The van der Waals surface area contributed by atoms with Crippen molar-refractivity contribution in [3.63, 3.8) is 0 Å². The molecule has 7 rings (SSSR count). The number of benzene rings is 4. The lowest BCUT2D eigenvalue weighted by molar-refractivity contribution is -0.157. The third-order valence-electron chi connectivity index (χ3n) is 7.14. The number of hydrogen-bond donors (Lipinski definition) is 2. The maximum atomic E-state index is 13.4. The summed E-state index contributed by atoms with van der Waals surface area (Å²) in [6.45, 7) is 1.95. The quantitative estimate of drug-likeness (QED) is 0.321. The molecule has 0 fully saturated rings. The van der Waals surface area contributed by atoms with E-state index in [1.54, 1.807) is 48.5 Å². The fourth-order valence-electron chi connectivity index (χ4n) is 5.44. The minimum Gasteiger partial charge on any atom is -0.457 e. The molecule has 0 amide bonds. The molecule has 35 heavy (non-hydrogen) atoms. The van der Waals surface area contributed by atoms with Crippen LogP contribution in [0.3, 0.4) is 0 Å². The number of ether oxygens (including phenoxy) is 2. The first-order valence-electron chi connectivity index (χ1n) is 11.6. The third kappa shape index (κ3) is 3.27. The molecule has 0 radical (unpaired) electrons. The van der Waals surface area contributed by atoms with Crippen molar-refractivity contribution in [1.29, 1.82) is 0 Å². The molecule has 0 saturated carbocycles. The molecule has 0 aromatic heterocycles. The molecule has 0 heterocycles. The van der Waals surface area contributed by atoms with Crippen LogP contribution in [0.25, 0.3) is 0 Å². The highest BCUT2D eigenvalue weighted by Gasteiger charge is 2.62. The molecule has 4 aromatic rings. The molecule has 0 saturated heterocycles. The highest BCUT2D eigenvalue weighted by atomic mass is 16.5. The van der Waals surface area contributed by atoms with E-state index in [4.69, 9.17) is 9.47 Å². The summed E-state index contributed by atoms with van der Waals surface area (Å²) in [5.41, 5.74) is 0.0380. The molecule has 174 valence electrons. The van der Waals surface area contributed by atoms with E-state index in [1.807, 2.05) is 55.5 Å². The van der Waals surface area contributed by atoms with Crippen LogP contribution in [0, 0.1) is 12.8 Å². The maximum absolute atomic E-state index is 13.4. The van der Waals surface area contributed by atoms with Gasteiger partial charge in [-0.2, -0.15) is 0 Å². The summed E-state index contributed by atoms with van der Waals surface area (Å²) in [4.78, 5) is 13.4. The van der Waals surface area contributed by atoms with Gasteiger partial charge >= 0.3 is 5.97 Å². The molecule has 4 aromatic carbocycles. The Morgan fingerprint density at radius 2 is 1.37 bits per heavy atom. The summed E-state index contributed by atoms with van der Waals surface area (Å²) in [5.74, 6) is 0.0317. The van der Waals surface area contributed by atoms with E-state index < -0.39 is 23.1 Å². The summed E-state index contributed by atoms with van der Waals surface area (Å²) in [6.07, 6.45) is -0.00695. The summed E-state index contributed by atoms with van der Waals surface area (Å²) >= 11 is 0. The minimum absolute atomic E-state index is 0.00695. The van der Waals surface area contributed by atoms with E-state index in [0.29, 0.717) is 39.5 Å². The molecule has 2 bridgehead atoms. The van der Waals surface area contributed by atoms with Gasteiger partial charge in [-0.05, 0) is 65.6 Å². The van der Waals surface area contributed by atoms with E-state index in [1.165, 1.54) is 0 Å². The number of rotatable bonds is 4. The van der Waals surface area contributed by atoms with Gasteiger partial charge in [-0.1, -0.05) is 66.2 Å². The zero-order valence-electron chi connectivity index (χ0n) is 19.1. The lowest BCUT2D eigenvalue weighted by Gasteiger charge is -2.53. The Labute approximate surface area is 203 Å². The van der Waals surface area contributed by atoms with Gasteiger partial charge in [0.15, 0.2) is 0 Å². The first-order valence-corrected chi connectivity index (χ1v) is 11.6. The Hall–Kier alpha value is -3.93. The summed E-state index contributed by atoms with van der Waals surface area (Å²) in [5, 5.41) is 24.3. The Morgan fingerprint density at radius 1 is 0.743 bits per heavy atom. The van der Waals surface area contributed by atoms with E-state index >= 15 is 0 Å². The van der Waals surface area contributed by atoms with Crippen LogP contribution < -0.4 is 9.47 Å². The van der Waals surface area contributed by atoms with Gasteiger partial charge in [-0.15, -0.1) is 0 Å². The van der Waals surface area contributed by atoms with Crippen LogP contribution in [0.5, 0.6) is 17.2 Å². The van der Waals surface area contributed by atoms with E-state index in [0.717, 1.165) is 5.56 Å². The smallest absolute Gasteiger partial charge is 0.318 e. The predicted octanol–water partition coefficient (Wildman–Crippen LogP) is 5.20. The van der Waals surface area contributed by atoms with Crippen molar-refractivity contribution >= 4 is 5.97 Å². The second kappa shape index (κ2) is 7.80. The molecule has 5 nitrogen and oxygen atoms in total. The zero-order valence-corrected chi connectivity index (χ0v) is 19.1. The number of aliphatic hydroxyl groups is 2. The molecule has 3 unspecified atom stereocenters. The fraction of sp³-hybridized carbons (Fsp3) is 0.167. The van der Waals surface area contributed by atoms with Crippen LogP contribution >= 0.6 is 0 Å². The van der Waals surface area contributed by atoms with Gasteiger partial charge in [0.2, 0.25) is 0 Å². The normalized spacial score (nSPS) is 23.8. The lowest BCUT2D eigenvalue weighted by atomic mass is 9.54. The SMILES string of the molecule is Cc1ccc(OC(=O)C2CC3(O)c4ccccc4C2(O)c2ccc(Oc4ccccc4)cc23)cc1. The number of aryl methyl sites for hydroxylation is 1. The Bertz CT molecular complexity index is 1430. The second-order valence-electron chi connectivity index (χ2n) is 9.29. The number of carbonyl (C=O) groups excluding carboxylic acids is 1. The Morgan fingerprint density at radius 3 is 2.11 bits per heavy atom. The number of carbonyl (C=O) groups is 1. The topological polar surface area (TPSA) is 76.0 Å². The van der Waals surface area contributed by atoms with Gasteiger partial charge in [0.1, 0.15) is 28.5 Å². The van der Waals surface area contributed by atoms with Crippen LogP contribution in [0.2, 0.25) is 0 Å². The summed E-state index contributed by atoms with van der Waals surface area (Å²) < 4.78 is 11.7. The number of para-hydroxylation sites is 1. The highest BCUT2D eigenvalue weighted by Crippen LogP contribution is 2.60. The van der Waals surface area contributed by atoms with Crippen LogP contribution in [-0.2, 0) is 16.0 Å². The van der Waals surface area contributed by atoms with E-state index in [-0.39, 0.29) is 6.42 Å². The number of hydrogen-bond acceptors (Lipinski definition) is 5. The van der Waals surface area contributed by atoms with Crippen molar-refractivity contribution in [2.45, 2.75) is 24.5 Å². The van der Waals surface area contributed by atoms with Gasteiger partial charge < -0.3 is 19.7 Å². The Kier molecular flexibility index (Phi) is 4.81. The van der Waals surface area contributed by atoms with Crippen molar-refractivity contribution in [2.24, 2.45) is 5.92 Å². The van der Waals surface area contributed by atoms with Gasteiger partial charge in [0.25, 0.3) is 0 Å². The molecule has 3 aliphatic rings. The number of esters is 1. The van der Waals surface area contributed by atoms with Crippen LogP contribution in [0.1, 0.15) is 34.2 Å².